The van der Waals surface area contributed by atoms with Crippen molar-refractivity contribution in [2.45, 2.75) is 124 Å². The lowest BCUT2D eigenvalue weighted by Crippen LogP contribution is -2.56. The zero-order valence-electron chi connectivity index (χ0n) is 44.8. The maximum atomic E-state index is 13.8. The fourth-order valence-corrected chi connectivity index (χ4v) is 7.62. The summed E-state index contributed by atoms with van der Waals surface area (Å²) in [7, 11) is 1.61. The predicted molar refractivity (Wildman–Crippen MR) is 287 cm³/mol. The van der Waals surface area contributed by atoms with Crippen LogP contribution in [0, 0.1) is 11.3 Å². The molecule has 1 unspecified atom stereocenters. The molecule has 76 heavy (non-hydrogen) atoms. The molecule has 2 aromatic carbocycles. The van der Waals surface area contributed by atoms with E-state index in [1.165, 1.54) is 9.47 Å². The lowest BCUT2D eigenvalue weighted by Gasteiger charge is -2.31. The third-order valence-corrected chi connectivity index (χ3v) is 12.4. The molecule has 11 N–H and O–H groups in total. The van der Waals surface area contributed by atoms with Gasteiger partial charge in [0.2, 0.25) is 23.6 Å². The summed E-state index contributed by atoms with van der Waals surface area (Å²) in [4.78, 5) is 95.3. The van der Waals surface area contributed by atoms with Crippen LogP contribution in [0.25, 0.3) is 11.2 Å². The van der Waals surface area contributed by atoms with Gasteiger partial charge in [0.15, 0.2) is 11.5 Å². The average molecular weight is 1050 g/mol. The van der Waals surface area contributed by atoms with E-state index in [0.29, 0.717) is 78.6 Å². The molecule has 23 heteroatoms. The van der Waals surface area contributed by atoms with Gasteiger partial charge in [-0.15, -0.1) is 0 Å². The van der Waals surface area contributed by atoms with Gasteiger partial charge in [0.1, 0.15) is 30.0 Å². The standard InChI is InChI=1S/C53H75N13O10/c1-9-10-27-73-49-63-43(55)42-44(64-49)66(50(71)62-42)31-36-17-22-40(58-29-36)76-38-20-15-34(16-21-38)30-65(8)51(72)74-32-35-13-18-37(19-14-35)59-45(67)39(12-11-26-57-48(56)70)60-46(68)41(33(2)3)61-47(69)52(4,5)24-28-75-53(6,7)23-25-54/h13-22,29,33,39,41H,9-12,23-28,30-32,54H2,1-8H3,(H,59,67)(H,60,68)(H,61,69)(H,62,71)(H2,55,63,64)(H3,56,57,70)/t39-,41?/m0/s1. The number of nitrogens with zero attached hydrogens (tertiary/aromatic N) is 5. The van der Waals surface area contributed by atoms with Gasteiger partial charge in [-0.05, 0) is 99.4 Å². The van der Waals surface area contributed by atoms with E-state index in [0.717, 1.165) is 18.4 Å². The maximum Gasteiger partial charge on any atom is 0.410 e. The van der Waals surface area contributed by atoms with Crippen LogP contribution in [0.4, 0.5) is 21.1 Å². The number of nitrogens with one attached hydrogen (secondary N) is 5. The van der Waals surface area contributed by atoms with Gasteiger partial charge in [-0.2, -0.15) is 9.97 Å². The number of imidazole rings is 1. The number of ether oxygens (including phenoxy) is 4. The number of rotatable bonds is 29. The third kappa shape index (κ3) is 18.0. The second-order valence-corrected chi connectivity index (χ2v) is 20.1. The Labute approximate surface area is 442 Å². The SMILES string of the molecule is CCCCOc1nc(N)c2[nH]c(=O)n(Cc3ccc(Oc4ccc(CN(C)C(=O)OCc5ccc(NC(=O)[C@H](CCCNC(N)=O)NC(=O)C(NC(=O)C(C)(C)CCOC(C)(C)CCN)C(C)C)cc5)cc4)nc3)c2n1. The monoisotopic (exact) mass is 1050 g/mol. The van der Waals surface area contributed by atoms with E-state index in [-0.39, 0.29) is 56.3 Å². The van der Waals surface area contributed by atoms with Crippen LogP contribution in [0.15, 0.2) is 71.7 Å². The van der Waals surface area contributed by atoms with E-state index in [9.17, 15) is 28.8 Å². The Morgan fingerprint density at radius 2 is 1.57 bits per heavy atom. The van der Waals surface area contributed by atoms with Crippen LogP contribution in [0.3, 0.4) is 0 Å². The predicted octanol–water partition coefficient (Wildman–Crippen LogP) is 5.46. The smallest absolute Gasteiger partial charge is 0.410 e. The van der Waals surface area contributed by atoms with E-state index in [1.54, 1.807) is 89.5 Å². The maximum absolute atomic E-state index is 13.8. The Bertz CT molecular complexity index is 2780. The Balaban J connectivity index is 1.10. The number of nitrogens with two attached hydrogens (primary N) is 3. The number of nitrogen functional groups attached to an aromatic ring is 1. The number of unbranched alkanes of at least 4 members (excludes halogenated alkanes) is 1. The van der Waals surface area contributed by atoms with Gasteiger partial charge in [0, 0.05) is 50.1 Å². The molecule has 5 aromatic rings. The zero-order chi connectivity index (χ0) is 55.6. The van der Waals surface area contributed by atoms with Crippen molar-refractivity contribution in [3.05, 3.63) is 94.0 Å². The number of hydrogen-bond acceptors (Lipinski definition) is 15. The number of carbonyl (C=O) groups excluding carboxylic acids is 5. The highest BCUT2D eigenvalue weighted by Gasteiger charge is 2.35. The van der Waals surface area contributed by atoms with Crippen LogP contribution in [0.5, 0.6) is 17.6 Å². The molecule has 0 radical (unpaired) electrons. The lowest BCUT2D eigenvalue weighted by molar-refractivity contribution is -0.137. The number of primary amides is 1. The third-order valence-electron chi connectivity index (χ3n) is 12.4. The minimum absolute atomic E-state index is 0.0452. The highest BCUT2D eigenvalue weighted by atomic mass is 16.6. The molecule has 0 saturated heterocycles. The molecule has 412 valence electrons. The van der Waals surface area contributed by atoms with Crippen LogP contribution in [0.2, 0.25) is 0 Å². The highest BCUT2D eigenvalue weighted by Crippen LogP contribution is 2.26. The second kappa shape index (κ2) is 27.7. The number of fused-ring (bicyclic) bond motifs is 1. The number of benzene rings is 2. The molecule has 0 spiro atoms. The van der Waals surface area contributed by atoms with Crippen LogP contribution in [-0.2, 0) is 43.6 Å². The molecule has 0 saturated carbocycles. The molecular formula is C53H75N13O10. The second-order valence-electron chi connectivity index (χ2n) is 20.1. The summed E-state index contributed by atoms with van der Waals surface area (Å²) in [6.45, 7) is 14.8. The highest BCUT2D eigenvalue weighted by molar-refractivity contribution is 5.98. The molecule has 3 aromatic heterocycles. The largest absolute Gasteiger partial charge is 0.463 e. The average Bonchev–Trinajstić information content (AvgIpc) is 3.68. The number of urea groups is 1. The minimum Gasteiger partial charge on any atom is -0.463 e. The van der Waals surface area contributed by atoms with E-state index >= 15 is 0 Å². The molecule has 6 amide bonds. The van der Waals surface area contributed by atoms with Gasteiger partial charge in [0.05, 0.1) is 18.8 Å². The summed E-state index contributed by atoms with van der Waals surface area (Å²) in [6, 6.07) is 14.7. The van der Waals surface area contributed by atoms with Crippen LogP contribution in [-0.4, -0.2) is 110 Å². The minimum atomic E-state index is -1.04. The molecule has 2 atom stereocenters. The van der Waals surface area contributed by atoms with Crippen molar-refractivity contribution in [1.29, 1.82) is 0 Å². The number of anilines is 2. The first-order valence-electron chi connectivity index (χ1n) is 25.4. The van der Waals surface area contributed by atoms with E-state index in [1.807, 2.05) is 32.9 Å². The van der Waals surface area contributed by atoms with Gasteiger partial charge >= 0.3 is 23.8 Å². The molecule has 5 rings (SSSR count). The van der Waals surface area contributed by atoms with Crippen molar-refractivity contribution < 1.29 is 42.9 Å². The van der Waals surface area contributed by atoms with Gasteiger partial charge in [-0.1, -0.05) is 71.4 Å². The number of pyridine rings is 1. The van der Waals surface area contributed by atoms with E-state index in [2.05, 4.69) is 41.2 Å². The summed E-state index contributed by atoms with van der Waals surface area (Å²) in [5.41, 5.74) is 18.6. The Morgan fingerprint density at radius 3 is 2.21 bits per heavy atom. The quantitative estimate of drug-likeness (QED) is 0.0276. The van der Waals surface area contributed by atoms with Gasteiger partial charge in [0.25, 0.3) is 0 Å². The Hall–Kier alpha value is -7.79. The summed E-state index contributed by atoms with van der Waals surface area (Å²) in [5, 5.41) is 11.0. The molecule has 23 nitrogen and oxygen atoms in total. The molecule has 0 aliphatic rings. The molecule has 0 aliphatic heterocycles. The first-order valence-corrected chi connectivity index (χ1v) is 25.4. The van der Waals surface area contributed by atoms with Crippen molar-refractivity contribution in [2.24, 2.45) is 22.8 Å². The fraction of sp³-hybridized carbons (Fsp3) is 0.491. The fourth-order valence-electron chi connectivity index (χ4n) is 7.62. The first-order chi connectivity index (χ1) is 36.1. The van der Waals surface area contributed by atoms with Crippen LogP contribution >= 0.6 is 0 Å². The Kier molecular flexibility index (Phi) is 21.5. The van der Waals surface area contributed by atoms with Crippen LogP contribution < -0.4 is 53.6 Å². The van der Waals surface area contributed by atoms with Crippen LogP contribution in [0.1, 0.15) is 104 Å². The normalized spacial score (nSPS) is 12.4. The molecule has 0 fully saturated rings. The summed E-state index contributed by atoms with van der Waals surface area (Å²) in [5.74, 6) is -0.762. The number of carbonyl (C=O) groups is 5. The summed E-state index contributed by atoms with van der Waals surface area (Å²) < 4.78 is 24.6. The topological polar surface area (TPSA) is 328 Å². The van der Waals surface area contributed by atoms with Crippen molar-refractivity contribution in [3.8, 4) is 17.6 Å². The number of aromatic amines is 1. The van der Waals surface area contributed by atoms with E-state index < -0.39 is 52.7 Å². The zero-order valence-corrected chi connectivity index (χ0v) is 44.8. The number of aromatic nitrogens is 5. The Morgan fingerprint density at radius 1 is 0.868 bits per heavy atom. The van der Waals surface area contributed by atoms with Crippen molar-refractivity contribution in [2.75, 3.05) is 44.4 Å². The molecular weight excluding hydrogens is 979 g/mol. The number of hydrogen-bond donors (Lipinski definition) is 8. The first kappa shape index (κ1) is 59.1. The summed E-state index contributed by atoms with van der Waals surface area (Å²) in [6.07, 6.45) is 4.32. The lowest BCUT2D eigenvalue weighted by atomic mass is 9.87. The number of H-pyrrole nitrogens is 1. The van der Waals surface area contributed by atoms with Gasteiger partial charge in [-0.25, -0.2) is 19.4 Å². The summed E-state index contributed by atoms with van der Waals surface area (Å²) >= 11 is 0. The van der Waals surface area contributed by atoms with Crippen molar-refractivity contribution in [1.82, 2.24) is 45.4 Å². The van der Waals surface area contributed by atoms with Gasteiger partial charge < -0.3 is 67.3 Å². The van der Waals surface area contributed by atoms with Gasteiger partial charge in [-0.3, -0.25) is 19.0 Å². The molecule has 0 aliphatic carbocycles. The van der Waals surface area contributed by atoms with E-state index in [4.69, 9.17) is 36.1 Å². The number of amides is 6. The van der Waals surface area contributed by atoms with Crippen molar-refractivity contribution >= 4 is 52.5 Å². The van der Waals surface area contributed by atoms with Crippen molar-refractivity contribution in [3.63, 3.8) is 0 Å². The molecule has 0 bridgehead atoms. The molecule has 3 heterocycles.